The second kappa shape index (κ2) is 10.6. The van der Waals surface area contributed by atoms with Crippen LogP contribution in [0.15, 0.2) is 72.9 Å². The molecule has 3 aromatic rings. The zero-order valence-corrected chi connectivity index (χ0v) is 29.6. The molecule has 16 bridgehead atoms. The van der Waals surface area contributed by atoms with E-state index in [2.05, 4.69) is 9.97 Å². The summed E-state index contributed by atoms with van der Waals surface area (Å²) < 4.78 is 0. The van der Waals surface area contributed by atoms with Crippen LogP contribution in [-0.4, -0.2) is 110 Å². The highest BCUT2D eigenvalue weighted by molar-refractivity contribution is 6.02. The molecule has 0 amide bonds. The number of aliphatic hydroxyl groups is 8. The molecule has 0 saturated heterocycles. The summed E-state index contributed by atoms with van der Waals surface area (Å²) in [6, 6.07) is 7.77. The molecule has 10 N–H and O–H groups in total. The minimum absolute atomic E-state index is 0.498. The van der Waals surface area contributed by atoms with E-state index < -0.39 is 96.2 Å². The lowest BCUT2D eigenvalue weighted by Gasteiger charge is -2.41. The highest BCUT2D eigenvalue weighted by Crippen LogP contribution is 2.56. The van der Waals surface area contributed by atoms with Crippen molar-refractivity contribution < 1.29 is 40.9 Å². The molecule has 3 aromatic heterocycles. The normalized spacial score (nSPS) is 41.1. The van der Waals surface area contributed by atoms with Crippen molar-refractivity contribution in [2.45, 2.75) is 72.5 Å². The minimum Gasteiger partial charge on any atom is -0.389 e. The van der Waals surface area contributed by atoms with Crippen LogP contribution in [0.2, 0.25) is 0 Å². The van der Waals surface area contributed by atoms with Crippen molar-refractivity contribution in [3.05, 3.63) is 118 Å². The van der Waals surface area contributed by atoms with Gasteiger partial charge < -0.3 is 50.8 Å². The van der Waals surface area contributed by atoms with Gasteiger partial charge in [0.2, 0.25) is 0 Å². The van der Waals surface area contributed by atoms with Crippen LogP contribution in [0.5, 0.6) is 0 Å². The molecule has 17 rings (SSSR count). The van der Waals surface area contributed by atoms with Crippen LogP contribution in [0.1, 0.15) is 68.7 Å². The number of nitrogens with zero attached hydrogens (tertiary/aromatic N) is 2. The molecule has 8 unspecified atom stereocenters. The third kappa shape index (κ3) is 3.73. The van der Waals surface area contributed by atoms with Gasteiger partial charge in [-0.2, -0.15) is 0 Å². The molecule has 56 heavy (non-hydrogen) atoms. The Kier molecular flexibility index (Phi) is 6.12. The van der Waals surface area contributed by atoms with Crippen molar-refractivity contribution in [2.75, 3.05) is 0 Å². The zero-order chi connectivity index (χ0) is 37.8. The van der Waals surface area contributed by atoms with Gasteiger partial charge in [-0.15, -0.1) is 0 Å². The summed E-state index contributed by atoms with van der Waals surface area (Å²) >= 11 is 0. The third-order valence-electron chi connectivity index (χ3n) is 14.7. The lowest BCUT2D eigenvalue weighted by molar-refractivity contribution is -0.0159. The van der Waals surface area contributed by atoms with Crippen LogP contribution in [0.3, 0.4) is 0 Å². The highest BCUT2D eigenvalue weighted by atomic mass is 16.3. The monoisotopic (exact) mass is 750 g/mol. The Hall–Kier alpha value is -4.76. The number of H-pyrrole nitrogens is 2. The third-order valence-corrected chi connectivity index (χ3v) is 14.7. The Morgan fingerprint density at radius 1 is 0.304 bits per heavy atom. The van der Waals surface area contributed by atoms with E-state index in [9.17, 15) is 40.9 Å². The molecule has 12 heteroatoms. The first-order valence-electron chi connectivity index (χ1n) is 19.6. The van der Waals surface area contributed by atoms with Crippen LogP contribution < -0.4 is 0 Å². The van der Waals surface area contributed by atoms with Crippen molar-refractivity contribution in [3.8, 4) is 0 Å². The van der Waals surface area contributed by atoms with E-state index >= 15 is 0 Å². The van der Waals surface area contributed by atoms with Gasteiger partial charge in [0.15, 0.2) is 0 Å². The Balaban J connectivity index is 1.19. The molecule has 2 aliphatic heterocycles. The van der Waals surface area contributed by atoms with E-state index in [0.29, 0.717) is 33.8 Å². The van der Waals surface area contributed by atoms with Gasteiger partial charge >= 0.3 is 0 Å². The quantitative estimate of drug-likeness (QED) is 0.151. The van der Waals surface area contributed by atoms with Crippen LogP contribution in [0, 0.1) is 23.7 Å². The van der Waals surface area contributed by atoms with Crippen molar-refractivity contribution in [1.82, 2.24) is 19.9 Å². The smallest absolute Gasteiger partial charge is 0.0912 e. The maximum Gasteiger partial charge on any atom is 0.0912 e. The number of hydrogen-bond acceptors (Lipinski definition) is 10. The number of aromatic nitrogens is 4. The van der Waals surface area contributed by atoms with Gasteiger partial charge in [0.1, 0.15) is 0 Å². The maximum atomic E-state index is 11.3. The predicted octanol–water partition coefficient (Wildman–Crippen LogP) is 2.16. The number of fused-ring (bicyclic) bond motifs is 12. The molecule has 0 spiro atoms. The summed E-state index contributed by atoms with van der Waals surface area (Å²) in [5.74, 6) is -4.10. The Morgan fingerprint density at radius 3 is 0.839 bits per heavy atom. The summed E-state index contributed by atoms with van der Waals surface area (Å²) in [5.41, 5.74) is 11.8. The predicted molar refractivity (Wildman–Crippen MR) is 204 cm³/mol. The second-order valence-electron chi connectivity index (χ2n) is 17.2. The average molecular weight is 751 g/mol. The molecule has 0 aromatic carbocycles. The van der Waals surface area contributed by atoms with Gasteiger partial charge in [0, 0.05) is 69.4 Å². The SMILES string of the molecule is OC1C(O)[C@H]2C=C[C@@H]1C1=C2c2cc3nc(cc4[nH]c(cc5[nH]c(cc1n2)c1c5[C@@H]2C=C[C@H]1C(O)C2O)c1c4[C@@H]2C=C[C@H]1C(O)C2O)C1=C3[C@H]2C=C[C@@H]1C(O)C2O. The fourth-order valence-electron chi connectivity index (χ4n) is 12.2. The summed E-state index contributed by atoms with van der Waals surface area (Å²) in [7, 11) is 0. The Morgan fingerprint density at radius 2 is 0.536 bits per heavy atom. The molecule has 0 radical (unpaired) electrons. The van der Waals surface area contributed by atoms with E-state index in [1.807, 2.05) is 72.9 Å². The standard InChI is InChI=1S/C44H38N4O8/c49-37-13-1-2-14(38(37)50)30-22-10-24-32-16-5-6-18(42(54)40(16)52)34(32)26(47-24)12-28-36-20-8-7-19(43(55)44(20)56)35(36)27(48-28)11-25-33-17-4-3-15(39(51)41(17)53)31(33)23(46-25)9-21(45-22)29(13)30/h1-20,37-46,49-56H/t13-,14+,15+,16+,17-,18-,19-,20+,37?,38?,39?,40?,41?,42?,43?,44?. The first-order chi connectivity index (χ1) is 27.1. The van der Waals surface area contributed by atoms with Gasteiger partial charge in [-0.25, -0.2) is 9.97 Å². The topological polar surface area (TPSA) is 219 Å². The fraction of sp³-hybridized carbons (Fsp3) is 0.364. The maximum absolute atomic E-state index is 11.3. The molecule has 0 saturated carbocycles. The fourth-order valence-corrected chi connectivity index (χ4v) is 12.2. The zero-order valence-electron chi connectivity index (χ0n) is 29.6. The molecule has 14 aliphatic rings. The minimum atomic E-state index is -1.04. The van der Waals surface area contributed by atoms with Crippen molar-refractivity contribution in [2.24, 2.45) is 23.7 Å². The number of aliphatic hydroxyl groups excluding tert-OH is 8. The Labute approximate surface area is 318 Å². The largest absolute Gasteiger partial charge is 0.389 e. The molecular weight excluding hydrogens is 713 g/mol. The van der Waals surface area contributed by atoms with Gasteiger partial charge in [0.25, 0.3) is 0 Å². The van der Waals surface area contributed by atoms with Crippen LogP contribution in [-0.2, 0) is 0 Å². The Bertz CT molecular complexity index is 2560. The molecular formula is C44H38N4O8. The molecule has 5 heterocycles. The summed E-state index contributed by atoms with van der Waals surface area (Å²) in [5, 5.41) is 90.6. The average Bonchev–Trinajstić information content (AvgIpc) is 3.96. The lowest BCUT2D eigenvalue weighted by Crippen LogP contribution is -2.45. The summed E-state index contributed by atoms with van der Waals surface area (Å²) in [6.07, 6.45) is 7.24. The molecule has 0 fully saturated rings. The number of aromatic amines is 2. The van der Waals surface area contributed by atoms with Crippen molar-refractivity contribution in [1.29, 1.82) is 0 Å². The van der Waals surface area contributed by atoms with Gasteiger partial charge in [0.05, 0.1) is 71.6 Å². The summed E-state index contributed by atoms with van der Waals surface area (Å²) in [6.45, 7) is 0. The van der Waals surface area contributed by atoms with Crippen LogP contribution in [0.4, 0.5) is 0 Å². The van der Waals surface area contributed by atoms with Crippen LogP contribution in [0.25, 0.3) is 44.4 Å². The van der Waals surface area contributed by atoms with Gasteiger partial charge in [-0.1, -0.05) is 48.6 Å². The van der Waals surface area contributed by atoms with E-state index in [1.54, 1.807) is 0 Å². The number of hydrogen-bond donors (Lipinski definition) is 10. The van der Waals surface area contributed by atoms with Crippen molar-refractivity contribution in [3.63, 3.8) is 0 Å². The lowest BCUT2D eigenvalue weighted by atomic mass is 9.66. The van der Waals surface area contributed by atoms with Crippen LogP contribution >= 0.6 is 0 Å². The first-order valence-corrected chi connectivity index (χ1v) is 19.6. The van der Waals surface area contributed by atoms with E-state index in [1.165, 1.54) is 0 Å². The molecule has 12 nitrogen and oxygen atoms in total. The van der Waals surface area contributed by atoms with Gasteiger partial charge in [-0.3, -0.25) is 0 Å². The van der Waals surface area contributed by atoms with E-state index in [4.69, 9.17) is 9.97 Å². The summed E-state index contributed by atoms with van der Waals surface area (Å²) in [4.78, 5) is 17.7. The molecule has 12 aliphatic carbocycles. The molecule has 16 atom stereocenters. The van der Waals surface area contributed by atoms with E-state index in [0.717, 1.165) is 55.6 Å². The second-order valence-corrected chi connectivity index (χ2v) is 17.2. The van der Waals surface area contributed by atoms with Gasteiger partial charge in [-0.05, 0) is 68.8 Å². The van der Waals surface area contributed by atoms with Crippen molar-refractivity contribution >= 4 is 44.4 Å². The number of rotatable bonds is 0. The highest BCUT2D eigenvalue weighted by Gasteiger charge is 2.51. The molecule has 282 valence electrons. The first kappa shape index (κ1) is 32.3. The van der Waals surface area contributed by atoms with E-state index in [-0.39, 0.29) is 0 Å². The number of nitrogens with one attached hydrogen (secondary N) is 2.